The number of morpholine rings is 1. The Balaban J connectivity index is 2.18. The molecule has 0 aromatic heterocycles. The average molecular weight is 249 g/mol. The summed E-state index contributed by atoms with van der Waals surface area (Å²) in [5.41, 5.74) is 5.88. The summed E-state index contributed by atoms with van der Waals surface area (Å²) in [4.78, 5) is 13.6. The molecule has 0 saturated carbocycles. The summed E-state index contributed by atoms with van der Waals surface area (Å²) in [7, 11) is 0. The van der Waals surface area contributed by atoms with Crippen molar-refractivity contribution in [2.45, 2.75) is 6.10 Å². The molecule has 1 aliphatic heterocycles. The van der Waals surface area contributed by atoms with Crippen molar-refractivity contribution in [1.82, 2.24) is 4.90 Å². The lowest BCUT2D eigenvalue weighted by Crippen LogP contribution is -2.45. The largest absolute Gasteiger partial charge is 0.399 e. The van der Waals surface area contributed by atoms with Crippen LogP contribution in [0, 0.1) is 17.1 Å². The van der Waals surface area contributed by atoms with Gasteiger partial charge in [0, 0.05) is 17.8 Å². The van der Waals surface area contributed by atoms with Crippen LogP contribution in [0.4, 0.5) is 10.1 Å². The van der Waals surface area contributed by atoms with Gasteiger partial charge in [0.1, 0.15) is 5.82 Å². The number of hydrogen-bond acceptors (Lipinski definition) is 4. The number of benzene rings is 1. The molecule has 1 saturated heterocycles. The van der Waals surface area contributed by atoms with Gasteiger partial charge in [-0.2, -0.15) is 5.26 Å². The summed E-state index contributed by atoms with van der Waals surface area (Å²) >= 11 is 0. The van der Waals surface area contributed by atoms with Crippen molar-refractivity contribution < 1.29 is 13.9 Å². The van der Waals surface area contributed by atoms with Gasteiger partial charge in [-0.15, -0.1) is 0 Å². The minimum Gasteiger partial charge on any atom is -0.399 e. The smallest absolute Gasteiger partial charge is 0.254 e. The molecule has 2 rings (SSSR count). The number of nitrogen functional groups attached to an aromatic ring is 1. The van der Waals surface area contributed by atoms with Crippen molar-refractivity contribution in [2.24, 2.45) is 0 Å². The predicted molar refractivity (Wildman–Crippen MR) is 62.1 cm³/mol. The summed E-state index contributed by atoms with van der Waals surface area (Å²) in [5.74, 6) is -0.895. The van der Waals surface area contributed by atoms with E-state index in [1.54, 1.807) is 0 Å². The van der Waals surface area contributed by atoms with Crippen LogP contribution in [-0.2, 0) is 4.74 Å². The van der Waals surface area contributed by atoms with Gasteiger partial charge in [0.25, 0.3) is 5.91 Å². The maximum atomic E-state index is 13.2. The SMILES string of the molecule is N#CC1CN(C(=O)c2cc(N)cc(F)c2)CCO1. The Bertz CT molecular complexity index is 492. The topological polar surface area (TPSA) is 79.4 Å². The van der Waals surface area contributed by atoms with E-state index in [1.807, 2.05) is 6.07 Å². The van der Waals surface area contributed by atoms with E-state index in [0.717, 1.165) is 12.1 Å². The number of amides is 1. The van der Waals surface area contributed by atoms with Gasteiger partial charge in [-0.1, -0.05) is 0 Å². The molecule has 1 fully saturated rings. The number of ether oxygens (including phenoxy) is 1. The Morgan fingerprint density at radius 3 is 3.00 bits per heavy atom. The normalized spacial score (nSPS) is 19.3. The molecule has 1 amide bonds. The highest BCUT2D eigenvalue weighted by Crippen LogP contribution is 2.15. The van der Waals surface area contributed by atoms with Crippen molar-refractivity contribution in [3.05, 3.63) is 29.6 Å². The lowest BCUT2D eigenvalue weighted by Gasteiger charge is -2.29. The molecular weight excluding hydrogens is 237 g/mol. The van der Waals surface area contributed by atoms with Gasteiger partial charge in [-0.05, 0) is 18.2 Å². The van der Waals surface area contributed by atoms with Gasteiger partial charge in [0.15, 0.2) is 6.10 Å². The third-order valence-electron chi connectivity index (χ3n) is 2.66. The number of anilines is 1. The Kier molecular flexibility index (Phi) is 3.44. The Morgan fingerprint density at radius 1 is 1.56 bits per heavy atom. The van der Waals surface area contributed by atoms with E-state index >= 15 is 0 Å². The van der Waals surface area contributed by atoms with Crippen LogP contribution in [0.1, 0.15) is 10.4 Å². The second kappa shape index (κ2) is 5.02. The maximum Gasteiger partial charge on any atom is 0.254 e. The minimum atomic E-state index is -0.631. The molecule has 0 radical (unpaired) electrons. The second-order valence-electron chi connectivity index (χ2n) is 4.01. The molecule has 2 N–H and O–H groups in total. The molecule has 1 aliphatic rings. The summed E-state index contributed by atoms with van der Waals surface area (Å²) in [6.07, 6.45) is -0.631. The second-order valence-corrected chi connectivity index (χ2v) is 4.01. The van der Waals surface area contributed by atoms with E-state index in [2.05, 4.69) is 0 Å². The lowest BCUT2D eigenvalue weighted by atomic mass is 10.1. The number of rotatable bonds is 1. The number of nitriles is 1. The first-order valence-corrected chi connectivity index (χ1v) is 5.46. The molecule has 94 valence electrons. The third-order valence-corrected chi connectivity index (χ3v) is 2.66. The van der Waals surface area contributed by atoms with E-state index in [-0.39, 0.29) is 23.7 Å². The molecule has 0 bridgehead atoms. The van der Waals surface area contributed by atoms with E-state index in [4.69, 9.17) is 15.7 Å². The van der Waals surface area contributed by atoms with Crippen molar-refractivity contribution in [1.29, 1.82) is 5.26 Å². The van der Waals surface area contributed by atoms with Crippen LogP contribution in [0.5, 0.6) is 0 Å². The molecule has 1 unspecified atom stereocenters. The summed E-state index contributed by atoms with van der Waals surface area (Å²) in [6.45, 7) is 0.869. The number of halogens is 1. The molecule has 5 nitrogen and oxygen atoms in total. The minimum absolute atomic E-state index is 0.186. The van der Waals surface area contributed by atoms with Crippen LogP contribution in [0.25, 0.3) is 0 Å². The molecular formula is C12H12FN3O2. The Hall–Kier alpha value is -2.13. The maximum absolute atomic E-state index is 13.2. The van der Waals surface area contributed by atoms with Gasteiger partial charge in [0.2, 0.25) is 0 Å². The molecule has 6 heteroatoms. The van der Waals surface area contributed by atoms with E-state index < -0.39 is 11.9 Å². The highest BCUT2D eigenvalue weighted by atomic mass is 19.1. The van der Waals surface area contributed by atoms with Crippen LogP contribution in [-0.4, -0.2) is 36.6 Å². The molecule has 0 aliphatic carbocycles. The van der Waals surface area contributed by atoms with Gasteiger partial charge in [0.05, 0.1) is 19.2 Å². The standard InChI is InChI=1S/C12H12FN3O2/c13-9-3-8(4-10(15)5-9)12(17)16-1-2-18-11(6-14)7-16/h3-5,11H,1-2,7,15H2. The van der Waals surface area contributed by atoms with Crippen LogP contribution in [0.15, 0.2) is 18.2 Å². The average Bonchev–Trinajstić information content (AvgIpc) is 2.37. The van der Waals surface area contributed by atoms with Crippen LogP contribution < -0.4 is 5.73 Å². The zero-order chi connectivity index (χ0) is 13.1. The summed E-state index contributed by atoms with van der Waals surface area (Å²) < 4.78 is 18.3. The first kappa shape index (κ1) is 12.3. The molecule has 0 spiro atoms. The van der Waals surface area contributed by atoms with Crippen LogP contribution >= 0.6 is 0 Å². The molecule has 1 atom stereocenters. The van der Waals surface area contributed by atoms with Crippen LogP contribution in [0.3, 0.4) is 0 Å². The highest BCUT2D eigenvalue weighted by molar-refractivity contribution is 5.95. The number of carbonyl (C=O) groups excluding carboxylic acids is 1. The number of nitrogens with zero attached hydrogens (tertiary/aromatic N) is 2. The van der Waals surface area contributed by atoms with Gasteiger partial charge < -0.3 is 15.4 Å². The zero-order valence-electron chi connectivity index (χ0n) is 9.60. The van der Waals surface area contributed by atoms with Crippen molar-refractivity contribution in [3.8, 4) is 6.07 Å². The monoisotopic (exact) mass is 249 g/mol. The van der Waals surface area contributed by atoms with Crippen molar-refractivity contribution >= 4 is 11.6 Å². The fraction of sp³-hybridized carbons (Fsp3) is 0.333. The summed E-state index contributed by atoms with van der Waals surface area (Å²) in [5, 5.41) is 8.76. The number of nitrogens with two attached hydrogens (primary N) is 1. The fourth-order valence-corrected chi connectivity index (χ4v) is 1.83. The molecule has 1 aromatic carbocycles. The van der Waals surface area contributed by atoms with E-state index in [0.29, 0.717) is 13.2 Å². The van der Waals surface area contributed by atoms with Crippen molar-refractivity contribution in [2.75, 3.05) is 25.4 Å². The molecule has 18 heavy (non-hydrogen) atoms. The first-order valence-electron chi connectivity index (χ1n) is 5.46. The Labute approximate surface area is 104 Å². The fourth-order valence-electron chi connectivity index (χ4n) is 1.83. The third kappa shape index (κ3) is 2.57. The Morgan fingerprint density at radius 2 is 2.33 bits per heavy atom. The van der Waals surface area contributed by atoms with Gasteiger partial charge >= 0.3 is 0 Å². The van der Waals surface area contributed by atoms with Crippen molar-refractivity contribution in [3.63, 3.8) is 0 Å². The molecule has 1 heterocycles. The zero-order valence-corrected chi connectivity index (χ0v) is 9.60. The van der Waals surface area contributed by atoms with Gasteiger partial charge in [-0.25, -0.2) is 4.39 Å². The first-order chi connectivity index (χ1) is 8.60. The van der Waals surface area contributed by atoms with Crippen LogP contribution in [0.2, 0.25) is 0 Å². The summed E-state index contributed by atoms with van der Waals surface area (Å²) in [6, 6.07) is 5.65. The highest BCUT2D eigenvalue weighted by Gasteiger charge is 2.25. The quantitative estimate of drug-likeness (QED) is 0.746. The van der Waals surface area contributed by atoms with Gasteiger partial charge in [-0.3, -0.25) is 4.79 Å². The number of hydrogen-bond donors (Lipinski definition) is 1. The molecule has 1 aromatic rings. The van der Waals surface area contributed by atoms with E-state index in [1.165, 1.54) is 11.0 Å². The lowest BCUT2D eigenvalue weighted by molar-refractivity contribution is 0.00345. The predicted octanol–water partition coefficient (Wildman–Crippen LogP) is 0.772. The van der Waals surface area contributed by atoms with E-state index in [9.17, 15) is 9.18 Å². The number of carbonyl (C=O) groups is 1.